The molecule has 2 nitrogen and oxygen atoms in total. The van der Waals surface area contributed by atoms with Crippen molar-refractivity contribution in [3.05, 3.63) is 0 Å². The van der Waals surface area contributed by atoms with Gasteiger partial charge >= 0.3 is 0 Å². The molecule has 0 unspecified atom stereocenters. The molecule has 0 aromatic rings. The van der Waals surface area contributed by atoms with E-state index >= 15 is 0 Å². The molecule has 2 heteroatoms. The van der Waals surface area contributed by atoms with Gasteiger partial charge in [-0.2, -0.15) is 0 Å². The first kappa shape index (κ1) is 7.03. The molecule has 2 N–H and O–H groups in total. The lowest BCUT2D eigenvalue weighted by Gasteiger charge is -2.32. The van der Waals surface area contributed by atoms with E-state index in [1.165, 1.54) is 13.1 Å². The van der Waals surface area contributed by atoms with Crippen LogP contribution in [0.1, 0.15) is 13.3 Å². The SMILES string of the molecule is C[C@@H]1CN(C)CC[C@@H]1N. The van der Waals surface area contributed by atoms with Crippen LogP contribution in [-0.2, 0) is 0 Å². The Morgan fingerprint density at radius 2 is 2.22 bits per heavy atom. The van der Waals surface area contributed by atoms with Gasteiger partial charge in [0.25, 0.3) is 0 Å². The topological polar surface area (TPSA) is 29.3 Å². The summed E-state index contributed by atoms with van der Waals surface area (Å²) in [6.07, 6.45) is 1.16. The van der Waals surface area contributed by atoms with Crippen molar-refractivity contribution in [1.82, 2.24) is 4.90 Å². The third-order valence-electron chi connectivity index (χ3n) is 2.17. The van der Waals surface area contributed by atoms with Crippen LogP contribution in [-0.4, -0.2) is 31.1 Å². The summed E-state index contributed by atoms with van der Waals surface area (Å²) in [5.74, 6) is 0.684. The Balaban J connectivity index is 2.35. The van der Waals surface area contributed by atoms with Gasteiger partial charge in [0.2, 0.25) is 0 Å². The van der Waals surface area contributed by atoms with E-state index in [1.54, 1.807) is 0 Å². The van der Waals surface area contributed by atoms with Gasteiger partial charge in [-0.15, -0.1) is 0 Å². The average Bonchev–Trinajstić information content (AvgIpc) is 1.80. The van der Waals surface area contributed by atoms with Gasteiger partial charge in [-0.05, 0) is 25.9 Å². The smallest absolute Gasteiger partial charge is 0.00888 e. The highest BCUT2D eigenvalue weighted by molar-refractivity contribution is 4.77. The van der Waals surface area contributed by atoms with Gasteiger partial charge in [0.15, 0.2) is 0 Å². The highest BCUT2D eigenvalue weighted by Gasteiger charge is 2.19. The maximum absolute atomic E-state index is 5.81. The van der Waals surface area contributed by atoms with Crippen molar-refractivity contribution in [2.24, 2.45) is 11.7 Å². The maximum atomic E-state index is 5.81. The first-order chi connectivity index (χ1) is 4.20. The van der Waals surface area contributed by atoms with Crippen LogP contribution in [0.3, 0.4) is 0 Å². The predicted octanol–water partition coefficient (Wildman–Crippen LogP) is 0.285. The van der Waals surface area contributed by atoms with Gasteiger partial charge in [0, 0.05) is 12.6 Å². The van der Waals surface area contributed by atoms with Gasteiger partial charge in [-0.25, -0.2) is 0 Å². The largest absolute Gasteiger partial charge is 0.327 e. The van der Waals surface area contributed by atoms with Crippen molar-refractivity contribution in [3.63, 3.8) is 0 Å². The fourth-order valence-corrected chi connectivity index (χ4v) is 1.37. The first-order valence-electron chi connectivity index (χ1n) is 3.64. The summed E-state index contributed by atoms with van der Waals surface area (Å²) in [5, 5.41) is 0. The first-order valence-corrected chi connectivity index (χ1v) is 3.64. The fraction of sp³-hybridized carbons (Fsp3) is 1.00. The number of piperidine rings is 1. The van der Waals surface area contributed by atoms with Crippen molar-refractivity contribution in [2.75, 3.05) is 20.1 Å². The normalized spacial score (nSPS) is 39.0. The Hall–Kier alpha value is -0.0800. The molecule has 0 aliphatic carbocycles. The van der Waals surface area contributed by atoms with Crippen LogP contribution in [0.5, 0.6) is 0 Å². The number of likely N-dealkylation sites (tertiary alicyclic amines) is 1. The Morgan fingerprint density at radius 3 is 2.67 bits per heavy atom. The molecule has 0 amide bonds. The second-order valence-corrected chi connectivity index (χ2v) is 3.19. The lowest BCUT2D eigenvalue weighted by molar-refractivity contribution is 0.197. The number of hydrogen-bond acceptors (Lipinski definition) is 2. The zero-order chi connectivity index (χ0) is 6.85. The molecule has 0 saturated carbocycles. The summed E-state index contributed by atoms with van der Waals surface area (Å²) in [4.78, 5) is 2.34. The molecule has 1 saturated heterocycles. The van der Waals surface area contributed by atoms with Crippen molar-refractivity contribution >= 4 is 0 Å². The van der Waals surface area contributed by atoms with E-state index in [1.807, 2.05) is 0 Å². The van der Waals surface area contributed by atoms with E-state index in [2.05, 4.69) is 18.9 Å². The van der Waals surface area contributed by atoms with Crippen LogP contribution < -0.4 is 5.73 Å². The quantitative estimate of drug-likeness (QED) is 0.508. The van der Waals surface area contributed by atoms with Crippen LogP contribution in [0.4, 0.5) is 0 Å². The molecule has 1 aliphatic heterocycles. The zero-order valence-electron chi connectivity index (χ0n) is 6.30. The molecule has 2 atom stereocenters. The zero-order valence-corrected chi connectivity index (χ0v) is 6.30. The Morgan fingerprint density at radius 1 is 1.56 bits per heavy atom. The molecule has 0 spiro atoms. The molecule has 9 heavy (non-hydrogen) atoms. The van der Waals surface area contributed by atoms with Crippen molar-refractivity contribution in [3.8, 4) is 0 Å². The lowest BCUT2D eigenvalue weighted by Crippen LogP contribution is -2.44. The maximum Gasteiger partial charge on any atom is 0.00888 e. The van der Waals surface area contributed by atoms with E-state index in [0.717, 1.165) is 6.42 Å². The third-order valence-corrected chi connectivity index (χ3v) is 2.17. The Bertz CT molecular complexity index is 92.9. The summed E-state index contributed by atoms with van der Waals surface area (Å²) in [7, 11) is 2.16. The number of nitrogens with zero attached hydrogens (tertiary/aromatic N) is 1. The molecule has 1 rings (SSSR count). The van der Waals surface area contributed by atoms with E-state index in [-0.39, 0.29) is 0 Å². The van der Waals surface area contributed by atoms with E-state index in [4.69, 9.17) is 5.73 Å². The Labute approximate surface area is 57.0 Å². The summed E-state index contributed by atoms with van der Waals surface area (Å²) < 4.78 is 0. The number of nitrogens with two attached hydrogens (primary N) is 1. The van der Waals surface area contributed by atoms with Gasteiger partial charge in [0.05, 0.1) is 0 Å². The van der Waals surface area contributed by atoms with Gasteiger partial charge in [-0.1, -0.05) is 6.92 Å². The van der Waals surface area contributed by atoms with Crippen LogP contribution in [0, 0.1) is 5.92 Å². The molecular weight excluding hydrogens is 112 g/mol. The van der Waals surface area contributed by atoms with Crippen LogP contribution in [0.2, 0.25) is 0 Å². The fourth-order valence-electron chi connectivity index (χ4n) is 1.37. The van der Waals surface area contributed by atoms with Crippen molar-refractivity contribution < 1.29 is 0 Å². The minimum atomic E-state index is 0.446. The monoisotopic (exact) mass is 128 g/mol. The van der Waals surface area contributed by atoms with E-state index < -0.39 is 0 Å². The highest BCUT2D eigenvalue weighted by atomic mass is 15.1. The molecular formula is C7H16N2. The minimum Gasteiger partial charge on any atom is -0.327 e. The molecule has 54 valence electrons. The Kier molecular flexibility index (Phi) is 2.09. The molecule has 1 heterocycles. The summed E-state index contributed by atoms with van der Waals surface area (Å²) in [6, 6.07) is 0.446. The van der Waals surface area contributed by atoms with Crippen LogP contribution in [0.25, 0.3) is 0 Å². The molecule has 1 fully saturated rings. The van der Waals surface area contributed by atoms with Crippen LogP contribution >= 0.6 is 0 Å². The second-order valence-electron chi connectivity index (χ2n) is 3.19. The molecule has 0 bridgehead atoms. The third kappa shape index (κ3) is 1.66. The van der Waals surface area contributed by atoms with Gasteiger partial charge in [-0.3, -0.25) is 0 Å². The molecule has 0 aromatic carbocycles. The summed E-state index contributed by atoms with van der Waals surface area (Å²) >= 11 is 0. The lowest BCUT2D eigenvalue weighted by atomic mass is 9.95. The van der Waals surface area contributed by atoms with E-state index in [0.29, 0.717) is 12.0 Å². The van der Waals surface area contributed by atoms with Crippen LogP contribution in [0.15, 0.2) is 0 Å². The molecule has 0 aromatic heterocycles. The number of rotatable bonds is 0. The molecule has 1 aliphatic rings. The average molecular weight is 128 g/mol. The highest BCUT2D eigenvalue weighted by Crippen LogP contribution is 2.12. The predicted molar refractivity (Wildman–Crippen MR) is 39.3 cm³/mol. The number of hydrogen-bond donors (Lipinski definition) is 1. The summed E-state index contributed by atoms with van der Waals surface area (Å²) in [5.41, 5.74) is 5.81. The minimum absolute atomic E-state index is 0.446. The van der Waals surface area contributed by atoms with Crippen molar-refractivity contribution in [1.29, 1.82) is 0 Å². The standard InChI is InChI=1S/C7H16N2/c1-6-5-9(2)4-3-7(6)8/h6-7H,3-5,8H2,1-2H3/t6-,7+/m1/s1. The van der Waals surface area contributed by atoms with Crippen molar-refractivity contribution in [2.45, 2.75) is 19.4 Å². The van der Waals surface area contributed by atoms with Gasteiger partial charge < -0.3 is 10.6 Å². The summed E-state index contributed by atoms with van der Waals surface area (Å²) in [6.45, 7) is 4.56. The van der Waals surface area contributed by atoms with E-state index in [9.17, 15) is 0 Å². The van der Waals surface area contributed by atoms with Gasteiger partial charge in [0.1, 0.15) is 0 Å². The molecule has 0 radical (unpaired) electrons. The second kappa shape index (κ2) is 2.67.